The van der Waals surface area contributed by atoms with Gasteiger partial charge in [-0.2, -0.15) is 5.10 Å². The van der Waals surface area contributed by atoms with Gasteiger partial charge in [0.1, 0.15) is 0 Å². The highest BCUT2D eigenvalue weighted by atomic mass is 16.5. The van der Waals surface area contributed by atoms with Gasteiger partial charge in [-0.15, -0.1) is 0 Å². The number of H-pyrrole nitrogens is 1. The molecule has 1 aliphatic heterocycles. The van der Waals surface area contributed by atoms with Crippen molar-refractivity contribution in [2.45, 2.75) is 18.9 Å². The highest BCUT2D eigenvalue weighted by molar-refractivity contribution is 5.94. The molecule has 0 radical (unpaired) electrons. The first kappa shape index (κ1) is 12.9. The molecule has 1 aromatic carbocycles. The van der Waals surface area contributed by atoms with Gasteiger partial charge in [-0.3, -0.25) is 9.89 Å². The highest BCUT2D eigenvalue weighted by Crippen LogP contribution is 2.18. The standard InChI is InChI=1S/C15H17N3O2/c19-15(18-14-2-1-7-20-10-14)12-5-3-11(4-6-12)13-8-16-17-9-13/h3-6,8-9,14H,1-2,7,10H2,(H,16,17)(H,18,19)/t14-/m0/s1. The summed E-state index contributed by atoms with van der Waals surface area (Å²) in [5.41, 5.74) is 2.72. The van der Waals surface area contributed by atoms with E-state index in [0.29, 0.717) is 12.2 Å². The van der Waals surface area contributed by atoms with Crippen LogP contribution in [0.5, 0.6) is 0 Å². The molecule has 104 valence electrons. The quantitative estimate of drug-likeness (QED) is 0.897. The van der Waals surface area contributed by atoms with Gasteiger partial charge < -0.3 is 10.1 Å². The molecule has 1 saturated heterocycles. The van der Waals surface area contributed by atoms with Crippen LogP contribution in [-0.2, 0) is 4.74 Å². The Morgan fingerprint density at radius 1 is 1.30 bits per heavy atom. The van der Waals surface area contributed by atoms with Crippen molar-refractivity contribution in [1.82, 2.24) is 15.5 Å². The zero-order valence-electron chi connectivity index (χ0n) is 11.1. The molecule has 5 heteroatoms. The molecule has 1 amide bonds. The number of nitrogens with one attached hydrogen (secondary N) is 2. The number of hydrogen-bond donors (Lipinski definition) is 2. The van der Waals surface area contributed by atoms with Gasteiger partial charge in [0, 0.05) is 23.9 Å². The molecule has 5 nitrogen and oxygen atoms in total. The minimum atomic E-state index is -0.0424. The topological polar surface area (TPSA) is 67.0 Å². The van der Waals surface area contributed by atoms with Crippen LogP contribution in [-0.4, -0.2) is 35.4 Å². The van der Waals surface area contributed by atoms with E-state index in [1.165, 1.54) is 0 Å². The van der Waals surface area contributed by atoms with E-state index in [1.54, 1.807) is 6.20 Å². The Morgan fingerprint density at radius 2 is 2.15 bits per heavy atom. The third-order valence-electron chi connectivity index (χ3n) is 3.47. The lowest BCUT2D eigenvalue weighted by Crippen LogP contribution is -2.40. The maximum absolute atomic E-state index is 12.1. The summed E-state index contributed by atoms with van der Waals surface area (Å²) in [6.07, 6.45) is 5.58. The molecule has 2 heterocycles. The fraction of sp³-hybridized carbons (Fsp3) is 0.333. The molecule has 2 aromatic rings. The molecular formula is C15H17N3O2. The van der Waals surface area contributed by atoms with Gasteiger partial charge in [0.05, 0.1) is 18.8 Å². The highest BCUT2D eigenvalue weighted by Gasteiger charge is 2.17. The van der Waals surface area contributed by atoms with Crippen molar-refractivity contribution in [3.63, 3.8) is 0 Å². The van der Waals surface area contributed by atoms with Crippen molar-refractivity contribution in [2.75, 3.05) is 13.2 Å². The van der Waals surface area contributed by atoms with Gasteiger partial charge in [-0.25, -0.2) is 0 Å². The maximum atomic E-state index is 12.1. The molecule has 20 heavy (non-hydrogen) atoms. The normalized spacial score (nSPS) is 18.7. The van der Waals surface area contributed by atoms with E-state index < -0.39 is 0 Å². The van der Waals surface area contributed by atoms with Crippen LogP contribution in [0.1, 0.15) is 23.2 Å². The first-order valence-electron chi connectivity index (χ1n) is 6.81. The van der Waals surface area contributed by atoms with Crippen molar-refractivity contribution in [2.24, 2.45) is 0 Å². The molecule has 2 N–H and O–H groups in total. The van der Waals surface area contributed by atoms with E-state index in [4.69, 9.17) is 4.74 Å². The molecule has 1 aliphatic rings. The zero-order valence-corrected chi connectivity index (χ0v) is 11.1. The number of aromatic nitrogens is 2. The van der Waals surface area contributed by atoms with Gasteiger partial charge in [0.2, 0.25) is 0 Å². The summed E-state index contributed by atoms with van der Waals surface area (Å²) in [5.74, 6) is -0.0424. The predicted molar refractivity (Wildman–Crippen MR) is 75.3 cm³/mol. The van der Waals surface area contributed by atoms with Gasteiger partial charge in [0.15, 0.2) is 0 Å². The second-order valence-electron chi connectivity index (χ2n) is 4.95. The van der Waals surface area contributed by atoms with Crippen molar-refractivity contribution in [3.8, 4) is 11.1 Å². The predicted octanol–water partition coefficient (Wildman–Crippen LogP) is 1.99. The molecule has 0 spiro atoms. The lowest BCUT2D eigenvalue weighted by molar-refractivity contribution is 0.0624. The Labute approximate surface area is 117 Å². The van der Waals surface area contributed by atoms with Gasteiger partial charge in [-0.1, -0.05) is 12.1 Å². The molecule has 1 fully saturated rings. The molecule has 3 rings (SSSR count). The molecule has 0 bridgehead atoms. The average Bonchev–Trinajstić information content (AvgIpc) is 3.03. The maximum Gasteiger partial charge on any atom is 0.251 e. The van der Waals surface area contributed by atoms with E-state index in [9.17, 15) is 4.79 Å². The van der Waals surface area contributed by atoms with Crippen molar-refractivity contribution < 1.29 is 9.53 Å². The van der Waals surface area contributed by atoms with Crippen LogP contribution in [0.4, 0.5) is 0 Å². The van der Waals surface area contributed by atoms with E-state index in [0.717, 1.165) is 30.6 Å². The summed E-state index contributed by atoms with van der Waals surface area (Å²) < 4.78 is 5.36. The first-order valence-corrected chi connectivity index (χ1v) is 6.81. The third kappa shape index (κ3) is 2.88. The smallest absolute Gasteiger partial charge is 0.251 e. The molecule has 0 saturated carbocycles. The van der Waals surface area contributed by atoms with Crippen LogP contribution in [0.25, 0.3) is 11.1 Å². The van der Waals surface area contributed by atoms with E-state index in [-0.39, 0.29) is 11.9 Å². The van der Waals surface area contributed by atoms with Crippen molar-refractivity contribution in [1.29, 1.82) is 0 Å². The Bertz CT molecular complexity index is 557. The lowest BCUT2D eigenvalue weighted by atomic mass is 10.1. The number of nitrogens with zero attached hydrogens (tertiary/aromatic N) is 1. The zero-order chi connectivity index (χ0) is 13.8. The van der Waals surface area contributed by atoms with E-state index in [1.807, 2.05) is 30.5 Å². The number of carbonyl (C=O) groups is 1. The molecule has 1 aromatic heterocycles. The Hall–Kier alpha value is -2.14. The summed E-state index contributed by atoms with van der Waals surface area (Å²) in [5, 5.41) is 9.70. The average molecular weight is 271 g/mol. The second kappa shape index (κ2) is 5.88. The Morgan fingerprint density at radius 3 is 2.80 bits per heavy atom. The number of benzene rings is 1. The van der Waals surface area contributed by atoms with Crippen LogP contribution in [0, 0.1) is 0 Å². The molecular weight excluding hydrogens is 254 g/mol. The van der Waals surface area contributed by atoms with Crippen molar-refractivity contribution >= 4 is 5.91 Å². The number of aromatic amines is 1. The number of amides is 1. The SMILES string of the molecule is O=C(N[C@H]1CCCOC1)c1ccc(-c2cn[nH]c2)cc1. The fourth-order valence-corrected chi connectivity index (χ4v) is 2.35. The van der Waals surface area contributed by atoms with Gasteiger partial charge in [-0.05, 0) is 30.5 Å². The Balaban J connectivity index is 1.66. The monoisotopic (exact) mass is 271 g/mol. The van der Waals surface area contributed by atoms with Crippen LogP contribution in [0.2, 0.25) is 0 Å². The summed E-state index contributed by atoms with van der Waals surface area (Å²) in [6.45, 7) is 1.41. The van der Waals surface area contributed by atoms with Crippen LogP contribution in [0.15, 0.2) is 36.7 Å². The molecule has 0 unspecified atom stereocenters. The summed E-state index contributed by atoms with van der Waals surface area (Å²) in [6, 6.07) is 7.65. The second-order valence-corrected chi connectivity index (χ2v) is 4.95. The summed E-state index contributed by atoms with van der Waals surface area (Å²) >= 11 is 0. The number of hydrogen-bond acceptors (Lipinski definition) is 3. The fourth-order valence-electron chi connectivity index (χ4n) is 2.35. The van der Waals surface area contributed by atoms with Gasteiger partial charge >= 0.3 is 0 Å². The van der Waals surface area contributed by atoms with Crippen LogP contribution < -0.4 is 5.32 Å². The number of rotatable bonds is 3. The Kier molecular flexibility index (Phi) is 3.78. The lowest BCUT2D eigenvalue weighted by Gasteiger charge is -2.23. The number of carbonyl (C=O) groups excluding carboxylic acids is 1. The summed E-state index contributed by atoms with van der Waals surface area (Å²) in [7, 11) is 0. The molecule has 1 atom stereocenters. The summed E-state index contributed by atoms with van der Waals surface area (Å²) in [4.78, 5) is 12.1. The minimum absolute atomic E-state index is 0.0424. The van der Waals surface area contributed by atoms with Gasteiger partial charge in [0.25, 0.3) is 5.91 Å². The van der Waals surface area contributed by atoms with E-state index in [2.05, 4.69) is 15.5 Å². The van der Waals surface area contributed by atoms with E-state index >= 15 is 0 Å². The van der Waals surface area contributed by atoms with Crippen LogP contribution in [0.3, 0.4) is 0 Å². The molecule has 0 aliphatic carbocycles. The first-order chi connectivity index (χ1) is 9.83. The largest absolute Gasteiger partial charge is 0.379 e. The van der Waals surface area contributed by atoms with Crippen molar-refractivity contribution in [3.05, 3.63) is 42.2 Å². The minimum Gasteiger partial charge on any atom is -0.379 e. The van der Waals surface area contributed by atoms with Crippen LogP contribution >= 0.6 is 0 Å². The third-order valence-corrected chi connectivity index (χ3v) is 3.47. The number of ether oxygens (including phenoxy) is 1.